The fourth-order valence-electron chi connectivity index (χ4n) is 0.797. The summed E-state index contributed by atoms with van der Waals surface area (Å²) in [5.41, 5.74) is 0.699. The number of carbonyl (C=O) groups is 1. The van der Waals surface area contributed by atoms with Crippen LogP contribution in [0.3, 0.4) is 0 Å². The number of allylic oxidation sites excluding steroid dienone is 1. The Kier molecular flexibility index (Phi) is 2.75. The highest BCUT2D eigenvalue weighted by Gasteiger charge is 1.99. The zero-order chi connectivity index (χ0) is 8.97. The van der Waals surface area contributed by atoms with Gasteiger partial charge in [-0.25, -0.2) is 4.39 Å². The van der Waals surface area contributed by atoms with Crippen molar-refractivity contribution in [2.24, 2.45) is 0 Å². The van der Waals surface area contributed by atoms with Crippen molar-refractivity contribution in [2.75, 3.05) is 0 Å². The van der Waals surface area contributed by atoms with E-state index in [0.29, 0.717) is 5.56 Å². The summed E-state index contributed by atoms with van der Waals surface area (Å²) in [6.07, 6.45) is 1.22. The van der Waals surface area contributed by atoms with Crippen molar-refractivity contribution in [1.29, 1.82) is 0 Å². The molecule has 0 bridgehead atoms. The predicted octanol–water partition coefficient (Wildman–Crippen LogP) is 2.59. The van der Waals surface area contributed by atoms with Crippen molar-refractivity contribution in [3.8, 4) is 0 Å². The van der Waals surface area contributed by atoms with Crippen LogP contribution in [0.4, 0.5) is 4.39 Å². The van der Waals surface area contributed by atoms with E-state index >= 15 is 0 Å². The van der Waals surface area contributed by atoms with Gasteiger partial charge in [0.25, 0.3) is 0 Å². The van der Waals surface area contributed by atoms with Gasteiger partial charge in [0.1, 0.15) is 0 Å². The molecule has 0 heterocycles. The molecule has 0 spiro atoms. The lowest BCUT2D eigenvalue weighted by Crippen LogP contribution is -1.88. The number of hydrogen-bond acceptors (Lipinski definition) is 1. The van der Waals surface area contributed by atoms with Gasteiger partial charge in [0.05, 0.1) is 0 Å². The maximum Gasteiger partial charge on any atom is 0.188 e. The molecule has 0 fully saturated rings. The highest BCUT2D eigenvalue weighted by Crippen LogP contribution is 2.07. The Hall–Kier alpha value is -1.44. The quantitative estimate of drug-likeness (QED) is 0.614. The molecule has 62 valence electrons. The maximum absolute atomic E-state index is 12.7. The largest absolute Gasteiger partial charge is 0.292 e. The van der Waals surface area contributed by atoms with E-state index < -0.39 is 11.6 Å². The van der Waals surface area contributed by atoms with Crippen LogP contribution in [0.2, 0.25) is 0 Å². The van der Waals surface area contributed by atoms with Gasteiger partial charge in [-0.3, -0.25) is 4.79 Å². The first-order valence-corrected chi connectivity index (χ1v) is 3.63. The van der Waals surface area contributed by atoms with Crippen LogP contribution < -0.4 is 0 Å². The third kappa shape index (κ3) is 2.31. The zero-order valence-electron chi connectivity index (χ0n) is 6.75. The van der Waals surface area contributed by atoms with Crippen LogP contribution in [0.15, 0.2) is 36.2 Å². The van der Waals surface area contributed by atoms with Gasteiger partial charge in [0, 0.05) is 6.92 Å². The first kappa shape index (κ1) is 8.65. The Morgan fingerprint density at radius 3 is 2.42 bits per heavy atom. The average Bonchev–Trinajstić information content (AvgIpc) is 2.06. The van der Waals surface area contributed by atoms with E-state index in [1.54, 1.807) is 24.3 Å². The van der Waals surface area contributed by atoms with Gasteiger partial charge in [-0.05, 0) is 11.6 Å². The van der Waals surface area contributed by atoms with Gasteiger partial charge in [-0.1, -0.05) is 30.3 Å². The molecule has 0 N–H and O–H groups in total. The smallest absolute Gasteiger partial charge is 0.188 e. The molecule has 2 heteroatoms. The molecule has 1 rings (SSSR count). The molecule has 1 aromatic rings. The Bertz CT molecular complexity index is 301. The van der Waals surface area contributed by atoms with E-state index in [1.165, 1.54) is 13.0 Å². The number of hydrogen-bond donors (Lipinski definition) is 0. The number of ketones is 1. The minimum absolute atomic E-state index is 0.543. The monoisotopic (exact) mass is 164 g/mol. The summed E-state index contributed by atoms with van der Waals surface area (Å²) in [7, 11) is 0. The van der Waals surface area contributed by atoms with Crippen molar-refractivity contribution in [3.63, 3.8) is 0 Å². The van der Waals surface area contributed by atoms with Gasteiger partial charge in [0.2, 0.25) is 0 Å². The van der Waals surface area contributed by atoms with Crippen molar-refractivity contribution in [1.82, 2.24) is 0 Å². The second kappa shape index (κ2) is 3.81. The SMILES string of the molecule is CC(=O)C(F)=Cc1ccccc1. The first-order valence-electron chi connectivity index (χ1n) is 3.63. The molecular weight excluding hydrogens is 155 g/mol. The predicted molar refractivity (Wildman–Crippen MR) is 46.2 cm³/mol. The molecule has 0 amide bonds. The summed E-state index contributed by atoms with van der Waals surface area (Å²) in [6.45, 7) is 1.20. The number of carbonyl (C=O) groups excluding carboxylic acids is 1. The molecule has 0 saturated heterocycles. The fraction of sp³-hybridized carbons (Fsp3) is 0.100. The molecule has 0 aliphatic carbocycles. The molecule has 0 saturated carbocycles. The molecule has 0 atom stereocenters. The summed E-state index contributed by atoms with van der Waals surface area (Å²) < 4.78 is 12.7. The Labute approximate surface area is 70.5 Å². The van der Waals surface area contributed by atoms with Crippen LogP contribution in [0.1, 0.15) is 12.5 Å². The summed E-state index contributed by atoms with van der Waals surface area (Å²) >= 11 is 0. The zero-order valence-corrected chi connectivity index (χ0v) is 6.75. The number of benzene rings is 1. The lowest BCUT2D eigenvalue weighted by Gasteiger charge is -1.91. The van der Waals surface area contributed by atoms with E-state index in [2.05, 4.69) is 0 Å². The van der Waals surface area contributed by atoms with Crippen LogP contribution >= 0.6 is 0 Å². The van der Waals surface area contributed by atoms with Crippen LogP contribution in [-0.2, 0) is 4.79 Å². The second-order valence-corrected chi connectivity index (χ2v) is 2.46. The Morgan fingerprint density at radius 2 is 1.92 bits per heavy atom. The third-order valence-corrected chi connectivity index (χ3v) is 1.43. The van der Waals surface area contributed by atoms with Gasteiger partial charge in [-0.2, -0.15) is 0 Å². The second-order valence-electron chi connectivity index (χ2n) is 2.46. The Morgan fingerprint density at radius 1 is 1.33 bits per heavy atom. The van der Waals surface area contributed by atoms with Crippen molar-refractivity contribution < 1.29 is 9.18 Å². The normalized spacial score (nSPS) is 11.3. The molecule has 0 aromatic heterocycles. The minimum atomic E-state index is -0.707. The van der Waals surface area contributed by atoms with Gasteiger partial charge in [-0.15, -0.1) is 0 Å². The molecule has 1 aromatic carbocycles. The standard InChI is InChI=1S/C10H9FO/c1-8(12)10(11)7-9-5-3-2-4-6-9/h2-7H,1H3. The van der Waals surface area contributed by atoms with E-state index in [4.69, 9.17) is 0 Å². The average molecular weight is 164 g/mol. The molecule has 0 unspecified atom stereocenters. The third-order valence-electron chi connectivity index (χ3n) is 1.43. The summed E-state index contributed by atoms with van der Waals surface area (Å²) in [5, 5.41) is 0. The fourth-order valence-corrected chi connectivity index (χ4v) is 0.797. The van der Waals surface area contributed by atoms with Gasteiger partial charge in [0.15, 0.2) is 11.6 Å². The highest BCUT2D eigenvalue weighted by atomic mass is 19.1. The van der Waals surface area contributed by atoms with Gasteiger partial charge < -0.3 is 0 Å². The van der Waals surface area contributed by atoms with E-state index in [0.717, 1.165) is 0 Å². The van der Waals surface area contributed by atoms with Gasteiger partial charge >= 0.3 is 0 Å². The van der Waals surface area contributed by atoms with E-state index in [1.807, 2.05) is 6.07 Å². The van der Waals surface area contributed by atoms with Crippen LogP contribution in [-0.4, -0.2) is 5.78 Å². The molecule has 0 aliphatic rings. The molecule has 1 nitrogen and oxygen atoms in total. The maximum atomic E-state index is 12.7. The summed E-state index contributed by atoms with van der Waals surface area (Å²) in [5.74, 6) is -1.25. The van der Waals surface area contributed by atoms with Crippen LogP contribution in [0, 0.1) is 0 Å². The number of rotatable bonds is 2. The van der Waals surface area contributed by atoms with Crippen LogP contribution in [0.5, 0.6) is 0 Å². The highest BCUT2D eigenvalue weighted by molar-refractivity contribution is 5.95. The van der Waals surface area contributed by atoms with E-state index in [-0.39, 0.29) is 0 Å². The topological polar surface area (TPSA) is 17.1 Å². The Balaban J connectivity index is 2.89. The minimum Gasteiger partial charge on any atom is -0.292 e. The summed E-state index contributed by atoms with van der Waals surface area (Å²) in [4.78, 5) is 10.5. The lowest BCUT2D eigenvalue weighted by atomic mass is 10.2. The van der Waals surface area contributed by atoms with Crippen LogP contribution in [0.25, 0.3) is 6.08 Å². The molecule has 0 radical (unpaired) electrons. The summed E-state index contributed by atoms with van der Waals surface area (Å²) in [6, 6.07) is 8.90. The van der Waals surface area contributed by atoms with E-state index in [9.17, 15) is 9.18 Å². The molecular formula is C10H9FO. The lowest BCUT2D eigenvalue weighted by molar-refractivity contribution is -0.114. The first-order chi connectivity index (χ1) is 5.70. The number of Topliss-reactive ketones (excluding diaryl/α,β-unsaturated/α-hetero) is 1. The van der Waals surface area contributed by atoms with Crippen molar-refractivity contribution in [2.45, 2.75) is 6.92 Å². The number of halogens is 1. The molecule has 0 aliphatic heterocycles. The molecule has 12 heavy (non-hydrogen) atoms. The van der Waals surface area contributed by atoms with Crippen molar-refractivity contribution >= 4 is 11.9 Å². The van der Waals surface area contributed by atoms with Crippen molar-refractivity contribution in [3.05, 3.63) is 41.7 Å².